The minimum Gasteiger partial charge on any atom is -0.309 e. The second kappa shape index (κ2) is 6.77. The van der Waals surface area contributed by atoms with Gasteiger partial charge in [0.05, 0.1) is 5.69 Å². The fraction of sp³-hybridized carbons (Fsp3) is 0.500. The first-order valence-electron chi connectivity index (χ1n) is 7.48. The van der Waals surface area contributed by atoms with Gasteiger partial charge in [0.25, 0.3) is 5.56 Å². The van der Waals surface area contributed by atoms with E-state index in [-0.39, 0.29) is 18.0 Å². The molecule has 2 atom stereocenters. The van der Waals surface area contributed by atoms with E-state index in [0.717, 1.165) is 36.5 Å². The molecule has 3 rings (SSSR count). The number of rotatable bonds is 2. The summed E-state index contributed by atoms with van der Waals surface area (Å²) in [5.41, 5.74) is 2.63. The van der Waals surface area contributed by atoms with E-state index in [4.69, 9.17) is 0 Å². The van der Waals surface area contributed by atoms with E-state index in [0.29, 0.717) is 12.1 Å². The normalized spacial score (nSPS) is 22.5. The molecule has 6 heteroatoms. The van der Waals surface area contributed by atoms with Gasteiger partial charge in [-0.05, 0) is 32.4 Å². The second-order valence-corrected chi connectivity index (χ2v) is 6.18. The summed E-state index contributed by atoms with van der Waals surface area (Å²) in [4.78, 5) is 19.2. The van der Waals surface area contributed by atoms with Crippen molar-refractivity contribution < 1.29 is 0 Å². The van der Waals surface area contributed by atoms with Gasteiger partial charge >= 0.3 is 0 Å². The van der Waals surface area contributed by atoms with Crippen molar-refractivity contribution in [3.05, 3.63) is 46.0 Å². The number of hydrogen-bond donors (Lipinski definition) is 1. The molecule has 1 saturated heterocycles. The zero-order valence-electron chi connectivity index (χ0n) is 13.2. The first-order chi connectivity index (χ1) is 10.0. The third-order valence-electron chi connectivity index (χ3n) is 3.88. The quantitative estimate of drug-likeness (QED) is 0.912. The molecule has 1 fully saturated rings. The average Bonchev–Trinajstić information content (AvgIpc) is 2.38. The van der Waals surface area contributed by atoms with Crippen molar-refractivity contribution in [2.45, 2.75) is 39.4 Å². The molecule has 0 radical (unpaired) electrons. The van der Waals surface area contributed by atoms with Gasteiger partial charge in [0.2, 0.25) is 0 Å². The van der Waals surface area contributed by atoms with Gasteiger partial charge in [-0.2, -0.15) is 0 Å². The predicted octanol–water partition coefficient (Wildman–Crippen LogP) is 1.61. The molecule has 2 aromatic heterocycles. The average molecular weight is 323 g/mol. The van der Waals surface area contributed by atoms with E-state index in [1.165, 1.54) is 0 Å². The molecule has 5 nitrogen and oxygen atoms in total. The molecular formula is C16H23ClN4O. The molecule has 3 heterocycles. The molecule has 0 aromatic carbocycles. The highest BCUT2D eigenvalue weighted by atomic mass is 35.5. The van der Waals surface area contributed by atoms with E-state index in [1.807, 2.05) is 25.3 Å². The molecule has 0 amide bonds. The van der Waals surface area contributed by atoms with Crippen molar-refractivity contribution in [1.29, 1.82) is 0 Å². The van der Waals surface area contributed by atoms with Crippen LogP contribution in [0.2, 0.25) is 0 Å². The van der Waals surface area contributed by atoms with E-state index >= 15 is 0 Å². The van der Waals surface area contributed by atoms with Crippen molar-refractivity contribution in [3.63, 3.8) is 0 Å². The third-order valence-corrected chi connectivity index (χ3v) is 3.88. The second-order valence-electron chi connectivity index (χ2n) is 6.18. The Balaban J connectivity index is 0.00000176. The summed E-state index contributed by atoms with van der Waals surface area (Å²) in [5.74, 6) is 0. The molecule has 1 aliphatic heterocycles. The number of halogens is 1. The van der Waals surface area contributed by atoms with E-state index in [1.54, 1.807) is 10.5 Å². The first-order valence-corrected chi connectivity index (χ1v) is 7.48. The lowest BCUT2D eigenvalue weighted by molar-refractivity contribution is 0.165. The van der Waals surface area contributed by atoms with Crippen molar-refractivity contribution in [2.75, 3.05) is 13.1 Å². The molecule has 2 aromatic rings. The number of hydrogen-bond acceptors (Lipinski definition) is 4. The smallest absolute Gasteiger partial charge is 0.258 e. The Bertz CT molecular complexity index is 705. The van der Waals surface area contributed by atoms with Crippen molar-refractivity contribution in [2.24, 2.45) is 0 Å². The summed E-state index contributed by atoms with van der Waals surface area (Å²) in [5, 5.41) is 3.51. The van der Waals surface area contributed by atoms with Crippen LogP contribution in [0.4, 0.5) is 0 Å². The SMILES string of the molecule is Cc1ccc2nc(CN3CC(C)NC(C)C3)cc(=O)n2c1.Cl. The zero-order chi connectivity index (χ0) is 15.0. The number of aryl methyl sites for hydroxylation is 1. The van der Waals surface area contributed by atoms with Crippen LogP contribution in [0.25, 0.3) is 5.65 Å². The van der Waals surface area contributed by atoms with Gasteiger partial charge in [0.1, 0.15) is 5.65 Å². The molecule has 2 unspecified atom stereocenters. The van der Waals surface area contributed by atoms with Crippen LogP contribution in [-0.2, 0) is 6.54 Å². The highest BCUT2D eigenvalue weighted by Gasteiger charge is 2.21. The van der Waals surface area contributed by atoms with E-state index in [9.17, 15) is 4.79 Å². The summed E-state index contributed by atoms with van der Waals surface area (Å²) in [6.07, 6.45) is 1.84. The van der Waals surface area contributed by atoms with Crippen LogP contribution in [-0.4, -0.2) is 39.5 Å². The highest BCUT2D eigenvalue weighted by Crippen LogP contribution is 2.09. The van der Waals surface area contributed by atoms with Crippen LogP contribution in [0.15, 0.2) is 29.2 Å². The minimum atomic E-state index is -0.00469. The lowest BCUT2D eigenvalue weighted by atomic mass is 10.1. The Morgan fingerprint density at radius 3 is 2.64 bits per heavy atom. The summed E-state index contributed by atoms with van der Waals surface area (Å²) in [7, 11) is 0. The summed E-state index contributed by atoms with van der Waals surface area (Å²) in [6, 6.07) is 6.49. The monoisotopic (exact) mass is 322 g/mol. The topological polar surface area (TPSA) is 49.6 Å². The van der Waals surface area contributed by atoms with Crippen LogP contribution in [0.5, 0.6) is 0 Å². The van der Waals surface area contributed by atoms with Crippen LogP contribution in [0.1, 0.15) is 25.1 Å². The number of pyridine rings is 1. The molecule has 22 heavy (non-hydrogen) atoms. The third kappa shape index (κ3) is 3.66. The molecule has 0 aliphatic carbocycles. The molecule has 1 N–H and O–H groups in total. The Morgan fingerprint density at radius 2 is 1.95 bits per heavy atom. The maximum Gasteiger partial charge on any atom is 0.258 e. The minimum absolute atomic E-state index is 0. The maximum absolute atomic E-state index is 12.2. The standard InChI is InChI=1S/C16H22N4O.ClH/c1-11-4-5-15-18-14(6-16(21)20(15)7-11)10-19-8-12(2)17-13(3)9-19;/h4-7,12-13,17H,8-10H2,1-3H3;1H. The Hall–Kier alpha value is -1.43. The molecule has 0 spiro atoms. The highest BCUT2D eigenvalue weighted by molar-refractivity contribution is 5.85. The lowest BCUT2D eigenvalue weighted by Gasteiger charge is -2.35. The van der Waals surface area contributed by atoms with Gasteiger partial charge in [-0.1, -0.05) is 6.07 Å². The molecule has 0 bridgehead atoms. The Labute approximate surface area is 136 Å². The van der Waals surface area contributed by atoms with Crippen LogP contribution in [0.3, 0.4) is 0 Å². The van der Waals surface area contributed by atoms with Gasteiger partial charge < -0.3 is 5.32 Å². The number of nitrogens with zero attached hydrogens (tertiary/aromatic N) is 3. The molecular weight excluding hydrogens is 300 g/mol. The van der Waals surface area contributed by atoms with E-state index in [2.05, 4.69) is 29.0 Å². The first kappa shape index (κ1) is 16.9. The van der Waals surface area contributed by atoms with E-state index < -0.39 is 0 Å². The predicted molar refractivity (Wildman–Crippen MR) is 90.8 cm³/mol. The van der Waals surface area contributed by atoms with Gasteiger partial charge in [0, 0.05) is 44.0 Å². The fourth-order valence-corrected chi connectivity index (χ4v) is 3.14. The van der Waals surface area contributed by atoms with Crippen molar-refractivity contribution >= 4 is 18.1 Å². The summed E-state index contributed by atoms with van der Waals surface area (Å²) < 4.78 is 1.61. The van der Waals surface area contributed by atoms with Gasteiger partial charge in [0.15, 0.2) is 0 Å². The number of nitrogens with one attached hydrogen (secondary N) is 1. The van der Waals surface area contributed by atoms with Crippen molar-refractivity contribution in [1.82, 2.24) is 19.6 Å². The fourth-order valence-electron chi connectivity index (χ4n) is 3.14. The maximum atomic E-state index is 12.2. The number of piperazine rings is 1. The lowest BCUT2D eigenvalue weighted by Crippen LogP contribution is -2.53. The zero-order valence-corrected chi connectivity index (χ0v) is 14.1. The van der Waals surface area contributed by atoms with Crippen LogP contribution in [0, 0.1) is 6.92 Å². The molecule has 0 saturated carbocycles. The van der Waals surface area contributed by atoms with Gasteiger partial charge in [-0.15, -0.1) is 12.4 Å². The van der Waals surface area contributed by atoms with Crippen LogP contribution >= 0.6 is 12.4 Å². The molecule has 120 valence electrons. The summed E-state index contributed by atoms with van der Waals surface area (Å²) >= 11 is 0. The van der Waals surface area contributed by atoms with Crippen LogP contribution < -0.4 is 10.9 Å². The number of fused-ring (bicyclic) bond motifs is 1. The largest absolute Gasteiger partial charge is 0.309 e. The van der Waals surface area contributed by atoms with Gasteiger partial charge in [-0.25, -0.2) is 4.98 Å². The Morgan fingerprint density at radius 1 is 1.27 bits per heavy atom. The Kier molecular flexibility index (Phi) is 5.21. The number of aromatic nitrogens is 2. The summed E-state index contributed by atoms with van der Waals surface area (Å²) in [6.45, 7) is 9.06. The van der Waals surface area contributed by atoms with Gasteiger partial charge in [-0.3, -0.25) is 14.1 Å². The molecule has 1 aliphatic rings. The van der Waals surface area contributed by atoms with Crippen molar-refractivity contribution in [3.8, 4) is 0 Å².